The van der Waals surface area contributed by atoms with Crippen LogP contribution in [-0.2, 0) is 6.42 Å². The molecule has 5 heteroatoms. The van der Waals surface area contributed by atoms with E-state index in [-0.39, 0.29) is 5.91 Å². The van der Waals surface area contributed by atoms with Crippen LogP contribution in [-0.4, -0.2) is 52.6 Å². The first-order chi connectivity index (χ1) is 10.7. The van der Waals surface area contributed by atoms with Crippen LogP contribution in [0, 0.1) is 6.92 Å². The van der Waals surface area contributed by atoms with E-state index in [1.807, 2.05) is 13.8 Å². The first-order valence-corrected chi connectivity index (χ1v) is 8.67. The fourth-order valence-corrected chi connectivity index (χ4v) is 4.20. The molecule has 122 valence electrons. The first-order valence-electron chi connectivity index (χ1n) is 8.67. The Kier molecular flexibility index (Phi) is 4.52. The molecule has 1 aromatic heterocycles. The van der Waals surface area contributed by atoms with Gasteiger partial charge in [-0.3, -0.25) is 9.69 Å². The van der Waals surface area contributed by atoms with Gasteiger partial charge in [0.15, 0.2) is 0 Å². The van der Waals surface area contributed by atoms with Crippen LogP contribution in [0.1, 0.15) is 61.3 Å². The summed E-state index contributed by atoms with van der Waals surface area (Å²) in [7, 11) is 0. The van der Waals surface area contributed by atoms with E-state index in [0.717, 1.165) is 38.0 Å². The zero-order valence-electron chi connectivity index (χ0n) is 14.0. The van der Waals surface area contributed by atoms with E-state index >= 15 is 0 Å². The lowest BCUT2D eigenvalue weighted by Crippen LogP contribution is -2.48. The van der Waals surface area contributed by atoms with Crippen molar-refractivity contribution in [2.45, 2.75) is 65.0 Å². The summed E-state index contributed by atoms with van der Waals surface area (Å²) >= 11 is 0. The summed E-state index contributed by atoms with van der Waals surface area (Å²) in [5.41, 5.74) is 1.50. The summed E-state index contributed by atoms with van der Waals surface area (Å²) in [5, 5.41) is 4.05. The van der Waals surface area contributed by atoms with Gasteiger partial charge in [0, 0.05) is 18.6 Å². The number of nitrogens with zero attached hydrogens (tertiary/aromatic N) is 3. The minimum atomic E-state index is 0.126. The van der Waals surface area contributed by atoms with Crippen LogP contribution in [0.3, 0.4) is 0 Å². The van der Waals surface area contributed by atoms with Gasteiger partial charge in [-0.05, 0) is 52.1 Å². The van der Waals surface area contributed by atoms with Gasteiger partial charge in [0.1, 0.15) is 11.3 Å². The van der Waals surface area contributed by atoms with Crippen LogP contribution in [0.25, 0.3) is 0 Å². The number of hydrogen-bond acceptors (Lipinski definition) is 4. The van der Waals surface area contributed by atoms with Crippen LogP contribution in [0.4, 0.5) is 0 Å². The maximum Gasteiger partial charge on any atom is 0.259 e. The molecule has 0 N–H and O–H groups in total. The molecule has 3 rings (SSSR count). The molecular weight excluding hydrogens is 278 g/mol. The molecule has 3 heterocycles. The Morgan fingerprint density at radius 1 is 1.23 bits per heavy atom. The molecule has 0 spiro atoms. The van der Waals surface area contributed by atoms with Crippen molar-refractivity contribution >= 4 is 5.91 Å². The summed E-state index contributed by atoms with van der Waals surface area (Å²) in [6.07, 6.45) is 5.44. The molecule has 0 unspecified atom stereocenters. The standard InChI is InChI=1S/C17H27N3O2/c1-4-13-16(12(3)22-18-13)17(21)20-11-7-9-15(20)14-8-6-10-19(14)5-2/h14-15H,4-11H2,1-3H3/t14-,15-/m1/s1. The number of likely N-dealkylation sites (tertiary alicyclic amines) is 2. The highest BCUT2D eigenvalue weighted by Gasteiger charge is 2.40. The van der Waals surface area contributed by atoms with Crippen molar-refractivity contribution in [3.63, 3.8) is 0 Å². The fraction of sp³-hybridized carbons (Fsp3) is 0.765. The molecule has 2 atom stereocenters. The minimum absolute atomic E-state index is 0.126. The smallest absolute Gasteiger partial charge is 0.259 e. The summed E-state index contributed by atoms with van der Waals surface area (Å²) in [6.45, 7) is 9.20. The van der Waals surface area contributed by atoms with E-state index in [9.17, 15) is 4.79 Å². The third kappa shape index (κ3) is 2.56. The molecule has 0 bridgehead atoms. The predicted octanol–water partition coefficient (Wildman–Crippen LogP) is 2.63. The number of aromatic nitrogens is 1. The van der Waals surface area contributed by atoms with Crippen molar-refractivity contribution in [2.75, 3.05) is 19.6 Å². The predicted molar refractivity (Wildman–Crippen MR) is 84.9 cm³/mol. The maximum absolute atomic E-state index is 13.1. The minimum Gasteiger partial charge on any atom is -0.361 e. The zero-order valence-corrected chi connectivity index (χ0v) is 14.0. The molecule has 2 saturated heterocycles. The first kappa shape index (κ1) is 15.5. The second kappa shape index (κ2) is 6.41. The van der Waals surface area contributed by atoms with Gasteiger partial charge in [0.05, 0.1) is 5.69 Å². The van der Waals surface area contributed by atoms with Crippen LogP contribution < -0.4 is 0 Å². The van der Waals surface area contributed by atoms with E-state index in [1.54, 1.807) is 0 Å². The molecule has 1 amide bonds. The number of carbonyl (C=O) groups is 1. The van der Waals surface area contributed by atoms with Gasteiger partial charge in [0.2, 0.25) is 0 Å². The summed E-state index contributed by atoms with van der Waals surface area (Å²) in [6, 6.07) is 0.885. The van der Waals surface area contributed by atoms with Gasteiger partial charge in [-0.25, -0.2) is 0 Å². The van der Waals surface area contributed by atoms with Gasteiger partial charge in [-0.1, -0.05) is 19.0 Å². The number of likely N-dealkylation sites (N-methyl/N-ethyl adjacent to an activating group) is 1. The molecule has 0 radical (unpaired) electrons. The topological polar surface area (TPSA) is 49.6 Å². The van der Waals surface area contributed by atoms with Gasteiger partial charge in [0.25, 0.3) is 5.91 Å². The Morgan fingerprint density at radius 3 is 2.68 bits per heavy atom. The number of rotatable bonds is 4. The highest BCUT2D eigenvalue weighted by molar-refractivity contribution is 5.96. The van der Waals surface area contributed by atoms with Crippen molar-refractivity contribution in [3.8, 4) is 0 Å². The molecular formula is C17H27N3O2. The Balaban J connectivity index is 1.83. The average molecular weight is 305 g/mol. The lowest BCUT2D eigenvalue weighted by Gasteiger charge is -2.34. The molecule has 2 fully saturated rings. The summed E-state index contributed by atoms with van der Waals surface area (Å²) < 4.78 is 5.26. The fourth-order valence-electron chi connectivity index (χ4n) is 4.20. The van der Waals surface area contributed by atoms with Gasteiger partial charge < -0.3 is 9.42 Å². The van der Waals surface area contributed by atoms with Gasteiger partial charge in [-0.2, -0.15) is 0 Å². The Bertz CT molecular complexity index is 540. The Hall–Kier alpha value is -1.36. The molecule has 2 aliphatic heterocycles. The van der Waals surface area contributed by atoms with Crippen LogP contribution >= 0.6 is 0 Å². The number of amides is 1. The molecule has 2 aliphatic rings. The number of carbonyl (C=O) groups excluding carboxylic acids is 1. The molecule has 0 aliphatic carbocycles. The van der Waals surface area contributed by atoms with Crippen LogP contribution in [0.15, 0.2) is 4.52 Å². The van der Waals surface area contributed by atoms with Crippen molar-refractivity contribution in [1.29, 1.82) is 0 Å². The third-order valence-corrected chi connectivity index (χ3v) is 5.31. The van der Waals surface area contributed by atoms with Crippen molar-refractivity contribution in [3.05, 3.63) is 17.0 Å². The third-order valence-electron chi connectivity index (χ3n) is 5.31. The SMILES string of the molecule is CCc1noc(C)c1C(=O)N1CCC[C@@H]1[C@H]1CCCN1CC. The Labute approximate surface area is 132 Å². The Morgan fingerprint density at radius 2 is 1.95 bits per heavy atom. The second-order valence-corrected chi connectivity index (χ2v) is 6.46. The monoisotopic (exact) mass is 305 g/mol. The molecule has 0 saturated carbocycles. The van der Waals surface area contributed by atoms with Crippen LogP contribution in [0.5, 0.6) is 0 Å². The van der Waals surface area contributed by atoms with E-state index < -0.39 is 0 Å². The van der Waals surface area contributed by atoms with E-state index in [2.05, 4.69) is 21.9 Å². The zero-order chi connectivity index (χ0) is 15.7. The van der Waals surface area contributed by atoms with Gasteiger partial charge in [-0.15, -0.1) is 0 Å². The normalized spacial score (nSPS) is 26.0. The summed E-state index contributed by atoms with van der Waals surface area (Å²) in [5.74, 6) is 0.785. The molecule has 5 nitrogen and oxygen atoms in total. The lowest BCUT2D eigenvalue weighted by atomic mass is 10.0. The lowest BCUT2D eigenvalue weighted by molar-refractivity contribution is 0.0647. The number of hydrogen-bond donors (Lipinski definition) is 0. The average Bonchev–Trinajstić information content (AvgIpc) is 3.24. The molecule has 0 aromatic carbocycles. The van der Waals surface area contributed by atoms with E-state index in [1.165, 1.54) is 19.4 Å². The molecule has 22 heavy (non-hydrogen) atoms. The van der Waals surface area contributed by atoms with Crippen molar-refractivity contribution in [1.82, 2.24) is 15.0 Å². The van der Waals surface area contributed by atoms with E-state index in [0.29, 0.717) is 23.4 Å². The quantitative estimate of drug-likeness (QED) is 0.858. The molecule has 1 aromatic rings. The van der Waals surface area contributed by atoms with Crippen molar-refractivity contribution in [2.24, 2.45) is 0 Å². The van der Waals surface area contributed by atoms with Crippen molar-refractivity contribution < 1.29 is 9.32 Å². The maximum atomic E-state index is 13.1. The highest BCUT2D eigenvalue weighted by atomic mass is 16.5. The number of aryl methyl sites for hydroxylation is 2. The largest absolute Gasteiger partial charge is 0.361 e. The van der Waals surface area contributed by atoms with Crippen LogP contribution in [0.2, 0.25) is 0 Å². The second-order valence-electron chi connectivity index (χ2n) is 6.46. The van der Waals surface area contributed by atoms with Gasteiger partial charge >= 0.3 is 0 Å². The summed E-state index contributed by atoms with van der Waals surface area (Å²) in [4.78, 5) is 17.7. The van der Waals surface area contributed by atoms with E-state index in [4.69, 9.17) is 4.52 Å². The highest BCUT2D eigenvalue weighted by Crippen LogP contribution is 2.31.